The minimum absolute atomic E-state index is 0.0656. The van der Waals surface area contributed by atoms with Gasteiger partial charge in [0.05, 0.1) is 25.6 Å². The van der Waals surface area contributed by atoms with E-state index in [0.717, 1.165) is 10.9 Å². The average Bonchev–Trinajstić information content (AvgIpc) is 2.95. The van der Waals surface area contributed by atoms with Crippen LogP contribution in [0.4, 0.5) is 18.9 Å². The van der Waals surface area contributed by atoms with Gasteiger partial charge in [-0.3, -0.25) is 13.7 Å². The van der Waals surface area contributed by atoms with Crippen molar-refractivity contribution in [3.63, 3.8) is 0 Å². The summed E-state index contributed by atoms with van der Waals surface area (Å²) in [6, 6.07) is 4.51. The highest BCUT2D eigenvalue weighted by Crippen LogP contribution is 2.36. The van der Waals surface area contributed by atoms with Crippen LogP contribution in [0.25, 0.3) is 11.3 Å². The van der Waals surface area contributed by atoms with Gasteiger partial charge in [0, 0.05) is 16.8 Å². The third-order valence-electron chi connectivity index (χ3n) is 3.40. The van der Waals surface area contributed by atoms with Crippen LogP contribution in [0.3, 0.4) is 0 Å². The number of amides is 1. The molecular weight excluding hydrogens is 427 g/mol. The van der Waals surface area contributed by atoms with E-state index >= 15 is 0 Å². The van der Waals surface area contributed by atoms with Gasteiger partial charge in [-0.25, -0.2) is 0 Å². The number of ether oxygens (including phenoxy) is 1. The first kappa shape index (κ1) is 22.0. The molecule has 0 aliphatic rings. The molecule has 1 amide bonds. The normalized spacial score (nSPS) is 13.2. The van der Waals surface area contributed by atoms with Gasteiger partial charge in [0.15, 0.2) is 6.10 Å². The molecule has 0 aliphatic carbocycles. The number of carbonyl (C=O) groups is 1. The fraction of sp³-hybridized carbons (Fsp3) is 0.333. The molecule has 1 N–H and O–H groups in total. The summed E-state index contributed by atoms with van der Waals surface area (Å²) in [6.07, 6.45) is -5.71. The molecule has 0 radical (unpaired) electrons. The van der Waals surface area contributed by atoms with Crippen LogP contribution in [-0.2, 0) is 25.6 Å². The molecule has 0 saturated heterocycles. The van der Waals surface area contributed by atoms with Gasteiger partial charge in [0.1, 0.15) is 11.4 Å². The quantitative estimate of drug-likeness (QED) is 0.499. The fourth-order valence-corrected chi connectivity index (χ4v) is 3.08. The van der Waals surface area contributed by atoms with Crippen molar-refractivity contribution >= 4 is 33.8 Å². The Labute approximate surface area is 163 Å². The number of alkyl halides is 3. The molecule has 1 atom stereocenters. The van der Waals surface area contributed by atoms with E-state index < -0.39 is 28.9 Å². The number of hydrogen-bond acceptors (Lipinski definition) is 6. The van der Waals surface area contributed by atoms with Crippen molar-refractivity contribution in [2.75, 3.05) is 18.7 Å². The van der Waals surface area contributed by atoms with Crippen LogP contribution in [0.5, 0.6) is 5.75 Å². The number of halogens is 4. The Morgan fingerprint density at radius 1 is 1.39 bits per heavy atom. The molecule has 0 spiro atoms. The van der Waals surface area contributed by atoms with Crippen molar-refractivity contribution in [1.82, 2.24) is 9.78 Å². The van der Waals surface area contributed by atoms with E-state index in [1.807, 2.05) is 0 Å². The monoisotopic (exact) mass is 441 g/mol. The molecule has 2 aromatic rings. The summed E-state index contributed by atoms with van der Waals surface area (Å²) in [6.45, 7) is -0.965. The zero-order valence-electron chi connectivity index (χ0n) is 14.5. The van der Waals surface area contributed by atoms with Gasteiger partial charge in [0.25, 0.3) is 10.1 Å². The first-order chi connectivity index (χ1) is 12.9. The Morgan fingerprint density at radius 2 is 2.07 bits per heavy atom. The maximum atomic E-state index is 13.1. The Bertz CT molecular complexity index is 962. The maximum absolute atomic E-state index is 13.1. The molecule has 0 bridgehead atoms. The third kappa shape index (κ3) is 5.59. The van der Waals surface area contributed by atoms with Crippen LogP contribution >= 0.6 is 11.6 Å². The van der Waals surface area contributed by atoms with E-state index in [4.69, 9.17) is 16.3 Å². The number of nitrogens with one attached hydrogen (secondary N) is 1. The zero-order chi connectivity index (χ0) is 21.1. The average molecular weight is 442 g/mol. The summed E-state index contributed by atoms with van der Waals surface area (Å²) < 4.78 is 71.9. The van der Waals surface area contributed by atoms with Gasteiger partial charge in [-0.1, -0.05) is 11.6 Å². The van der Waals surface area contributed by atoms with Gasteiger partial charge in [0.2, 0.25) is 6.41 Å². The van der Waals surface area contributed by atoms with Gasteiger partial charge >= 0.3 is 6.18 Å². The lowest BCUT2D eigenvalue weighted by Crippen LogP contribution is -2.37. The number of rotatable bonds is 8. The van der Waals surface area contributed by atoms with Crippen molar-refractivity contribution in [3.05, 3.63) is 29.4 Å². The highest BCUT2D eigenvalue weighted by Gasteiger charge is 2.43. The number of methoxy groups -OCH3 is 1. The molecular formula is C15H15ClF3N3O5S. The molecule has 1 aromatic carbocycles. The smallest absolute Gasteiger partial charge is 0.417 e. The molecule has 0 unspecified atom stereocenters. The highest BCUT2D eigenvalue weighted by molar-refractivity contribution is 7.86. The first-order valence-corrected chi connectivity index (χ1v) is 9.70. The van der Waals surface area contributed by atoms with Gasteiger partial charge in [-0.15, -0.1) is 0 Å². The lowest BCUT2D eigenvalue weighted by Gasteiger charge is -2.19. The van der Waals surface area contributed by atoms with Crippen molar-refractivity contribution in [3.8, 4) is 17.0 Å². The predicted octanol–water partition coefficient (Wildman–Crippen LogP) is 2.69. The summed E-state index contributed by atoms with van der Waals surface area (Å²) >= 11 is 5.96. The fourth-order valence-electron chi connectivity index (χ4n) is 2.32. The Kier molecular flexibility index (Phi) is 6.57. The van der Waals surface area contributed by atoms with Crippen LogP contribution in [-0.4, -0.2) is 50.3 Å². The van der Waals surface area contributed by atoms with E-state index in [9.17, 15) is 26.4 Å². The largest absolute Gasteiger partial charge is 0.496 e. The molecule has 8 nitrogen and oxygen atoms in total. The summed E-state index contributed by atoms with van der Waals surface area (Å²) in [5.41, 5.74) is 0.452. The number of hydrogen-bond donors (Lipinski definition) is 1. The molecule has 0 aliphatic heterocycles. The molecule has 1 aromatic heterocycles. The van der Waals surface area contributed by atoms with E-state index in [-0.39, 0.29) is 11.4 Å². The van der Waals surface area contributed by atoms with Gasteiger partial charge < -0.3 is 10.1 Å². The van der Waals surface area contributed by atoms with Crippen molar-refractivity contribution in [1.29, 1.82) is 0 Å². The maximum Gasteiger partial charge on any atom is 0.417 e. The van der Waals surface area contributed by atoms with Crippen LogP contribution in [0.1, 0.15) is 0 Å². The van der Waals surface area contributed by atoms with Crippen LogP contribution in [0.2, 0.25) is 5.02 Å². The second-order valence-electron chi connectivity index (χ2n) is 5.55. The standard InChI is InChI=1S/C15H15ClF3N3O5S/c1-26-12-4-3-9(16)5-10(12)14-11(20-8-23)6-22(21-14)7-13(15(17,18)19)27-28(2,24)25/h3-6,8,13H,7H2,1-2H3,(H,20,23)/t13-/m1/s1. The highest BCUT2D eigenvalue weighted by atomic mass is 35.5. The van der Waals surface area contributed by atoms with Gasteiger partial charge in [-0.05, 0) is 18.2 Å². The summed E-state index contributed by atoms with van der Waals surface area (Å²) in [4.78, 5) is 10.9. The summed E-state index contributed by atoms with van der Waals surface area (Å²) in [5.74, 6) is 0.309. The van der Waals surface area contributed by atoms with E-state index in [0.29, 0.717) is 29.0 Å². The van der Waals surface area contributed by atoms with Crippen molar-refractivity contribution < 1.29 is 35.3 Å². The van der Waals surface area contributed by atoms with Gasteiger partial charge in [-0.2, -0.15) is 26.7 Å². The molecule has 154 valence electrons. The number of nitrogens with zero attached hydrogens (tertiary/aromatic N) is 2. The molecule has 13 heteroatoms. The number of anilines is 1. The second kappa shape index (κ2) is 8.37. The Morgan fingerprint density at radius 3 is 2.61 bits per heavy atom. The zero-order valence-corrected chi connectivity index (χ0v) is 16.1. The summed E-state index contributed by atoms with van der Waals surface area (Å²) in [7, 11) is -3.01. The van der Waals surface area contributed by atoms with Crippen LogP contribution in [0, 0.1) is 0 Å². The SMILES string of the molecule is COc1ccc(Cl)cc1-c1nn(C[C@@H](OS(C)(=O)=O)C(F)(F)F)cc1NC=O. The summed E-state index contributed by atoms with van der Waals surface area (Å²) in [5, 5.41) is 6.64. The van der Waals surface area contributed by atoms with Crippen molar-refractivity contribution in [2.45, 2.75) is 18.8 Å². The molecule has 0 saturated carbocycles. The third-order valence-corrected chi connectivity index (χ3v) is 4.22. The first-order valence-electron chi connectivity index (χ1n) is 7.51. The van der Waals surface area contributed by atoms with E-state index in [1.54, 1.807) is 0 Å². The van der Waals surface area contributed by atoms with Crippen LogP contribution < -0.4 is 10.1 Å². The minimum Gasteiger partial charge on any atom is -0.496 e. The Balaban J connectivity index is 2.49. The molecule has 0 fully saturated rings. The Hall–Kier alpha value is -2.31. The second-order valence-corrected chi connectivity index (χ2v) is 7.59. The predicted molar refractivity (Wildman–Crippen MR) is 94.7 cm³/mol. The number of benzene rings is 1. The number of carbonyl (C=O) groups excluding carboxylic acids is 1. The lowest BCUT2D eigenvalue weighted by atomic mass is 10.1. The number of aromatic nitrogens is 2. The molecule has 28 heavy (non-hydrogen) atoms. The van der Waals surface area contributed by atoms with Crippen molar-refractivity contribution in [2.24, 2.45) is 0 Å². The van der Waals surface area contributed by atoms with E-state index in [2.05, 4.69) is 14.6 Å². The molecule has 2 rings (SSSR count). The molecule has 1 heterocycles. The van der Waals surface area contributed by atoms with E-state index in [1.165, 1.54) is 25.3 Å². The lowest BCUT2D eigenvalue weighted by molar-refractivity contribution is -0.198. The van der Waals surface area contributed by atoms with Crippen LogP contribution in [0.15, 0.2) is 24.4 Å². The minimum atomic E-state index is -4.97. The topological polar surface area (TPSA) is 99.5 Å².